The molecule has 3 saturated heterocycles. The van der Waals surface area contributed by atoms with Crippen molar-refractivity contribution in [3.8, 4) is 5.69 Å². The van der Waals surface area contributed by atoms with Crippen LogP contribution in [-0.2, 0) is 28.0 Å². The number of hydrogen-bond donors (Lipinski definition) is 2. The Morgan fingerprint density at radius 2 is 1.97 bits per heavy atom. The Balaban J connectivity index is 1.11. The number of fused-ring (bicyclic) bond motifs is 1. The molecule has 3 unspecified atom stereocenters. The fourth-order valence-electron chi connectivity index (χ4n) is 6.50. The molecule has 9 nitrogen and oxygen atoms in total. The average Bonchev–Trinajstić information content (AvgIpc) is 3.52. The Labute approximate surface area is 220 Å². The van der Waals surface area contributed by atoms with Crippen LogP contribution >= 0.6 is 0 Å². The third-order valence-electron chi connectivity index (χ3n) is 8.75. The number of aromatic nitrogens is 2. The summed E-state index contributed by atoms with van der Waals surface area (Å²) in [5, 5.41) is 3.66. The minimum atomic E-state index is -0.458. The number of rotatable bonds is 7. The van der Waals surface area contributed by atoms with Gasteiger partial charge in [0.05, 0.1) is 17.8 Å². The summed E-state index contributed by atoms with van der Waals surface area (Å²) < 4.78 is 7.62. The van der Waals surface area contributed by atoms with Gasteiger partial charge in [-0.3, -0.25) is 24.5 Å². The highest BCUT2D eigenvalue weighted by Gasteiger charge is 2.64. The number of hydrogen-bond acceptors (Lipinski definition) is 6. The molecule has 2 aliphatic carbocycles. The lowest BCUT2D eigenvalue weighted by atomic mass is 9.90. The third kappa shape index (κ3) is 3.76. The normalized spacial score (nSPS) is 26.2. The zero-order valence-corrected chi connectivity index (χ0v) is 21.3. The molecule has 3 aliphatic heterocycles. The molecule has 0 radical (unpaired) electrons. The minimum Gasteiger partial charge on any atom is -0.334 e. The highest BCUT2D eigenvalue weighted by molar-refractivity contribution is 5.79. The van der Waals surface area contributed by atoms with Gasteiger partial charge in [0.15, 0.2) is 6.35 Å². The van der Waals surface area contributed by atoms with Gasteiger partial charge in [0.2, 0.25) is 5.91 Å². The summed E-state index contributed by atoms with van der Waals surface area (Å²) in [6.45, 7) is 3.11. The molecule has 3 aromatic rings. The minimum absolute atomic E-state index is 0.136. The molecule has 5 aliphatic rings. The fourth-order valence-corrected chi connectivity index (χ4v) is 6.50. The molecule has 2 bridgehead atoms. The van der Waals surface area contributed by atoms with Crippen molar-refractivity contribution in [2.24, 2.45) is 5.92 Å². The van der Waals surface area contributed by atoms with Crippen LogP contribution in [0.4, 0.5) is 0 Å². The van der Waals surface area contributed by atoms with E-state index in [1.807, 2.05) is 41.3 Å². The van der Waals surface area contributed by atoms with Gasteiger partial charge in [-0.1, -0.05) is 36.4 Å². The molecule has 1 saturated carbocycles. The topological polar surface area (TPSA) is 99.7 Å². The van der Waals surface area contributed by atoms with Gasteiger partial charge in [-0.15, -0.1) is 0 Å². The SMILES string of the molecule is C[C@@H](C1CC1)N(Cc1ccccc1)C(=O)CN1C2NC3(CCc4cc(-n5ccc(=O)[nH]c5=O)ccc43)C1O2. The largest absolute Gasteiger partial charge is 0.334 e. The van der Waals surface area contributed by atoms with E-state index in [2.05, 4.69) is 34.3 Å². The van der Waals surface area contributed by atoms with E-state index in [0.29, 0.717) is 24.7 Å². The number of amides is 1. The Morgan fingerprint density at radius 1 is 1.16 bits per heavy atom. The van der Waals surface area contributed by atoms with Gasteiger partial charge in [0.25, 0.3) is 5.56 Å². The van der Waals surface area contributed by atoms with Crippen LogP contribution in [0.3, 0.4) is 0 Å². The van der Waals surface area contributed by atoms with Crippen LogP contribution in [0.5, 0.6) is 0 Å². The molecule has 2 aromatic carbocycles. The zero-order chi connectivity index (χ0) is 26.0. The van der Waals surface area contributed by atoms with Crippen molar-refractivity contribution in [1.29, 1.82) is 0 Å². The van der Waals surface area contributed by atoms with Crippen molar-refractivity contribution in [3.63, 3.8) is 0 Å². The van der Waals surface area contributed by atoms with E-state index in [1.54, 1.807) is 0 Å². The number of ether oxygens (including phenoxy) is 1. The monoisotopic (exact) mass is 513 g/mol. The zero-order valence-electron chi connectivity index (χ0n) is 21.3. The van der Waals surface area contributed by atoms with E-state index in [0.717, 1.165) is 29.5 Å². The van der Waals surface area contributed by atoms with Gasteiger partial charge in [-0.2, -0.15) is 0 Å². The summed E-state index contributed by atoms with van der Waals surface area (Å²) in [5.74, 6) is 0.721. The number of H-pyrrole nitrogens is 1. The predicted molar refractivity (Wildman–Crippen MR) is 140 cm³/mol. The van der Waals surface area contributed by atoms with Gasteiger partial charge in [-0.05, 0) is 67.3 Å². The van der Waals surface area contributed by atoms with Gasteiger partial charge >= 0.3 is 5.69 Å². The first kappa shape index (κ1) is 23.6. The lowest BCUT2D eigenvalue weighted by molar-refractivity contribution is -0.249. The Morgan fingerprint density at radius 3 is 2.74 bits per heavy atom. The summed E-state index contributed by atoms with van der Waals surface area (Å²) in [5.41, 5.74) is 2.90. The summed E-state index contributed by atoms with van der Waals surface area (Å²) in [6, 6.07) is 17.7. The lowest BCUT2D eigenvalue weighted by Gasteiger charge is -2.42. The average molecular weight is 514 g/mol. The van der Waals surface area contributed by atoms with Crippen molar-refractivity contribution >= 4 is 5.91 Å². The molecule has 1 amide bonds. The number of nitrogens with one attached hydrogen (secondary N) is 2. The second-order valence-electron chi connectivity index (χ2n) is 11.0. The quantitative estimate of drug-likeness (QED) is 0.502. The molecule has 4 fully saturated rings. The Hall–Kier alpha value is -3.53. The summed E-state index contributed by atoms with van der Waals surface area (Å²) in [4.78, 5) is 44.0. The van der Waals surface area contributed by atoms with Gasteiger partial charge < -0.3 is 9.64 Å². The number of aromatic amines is 1. The molecule has 4 heterocycles. The number of carbonyl (C=O) groups is 1. The van der Waals surface area contributed by atoms with Crippen molar-refractivity contribution < 1.29 is 9.53 Å². The summed E-state index contributed by atoms with van der Waals surface area (Å²) >= 11 is 0. The van der Waals surface area contributed by atoms with Gasteiger partial charge in [0, 0.05) is 24.8 Å². The number of carbonyl (C=O) groups excluding carboxylic acids is 1. The molecule has 1 aromatic heterocycles. The first-order valence-electron chi connectivity index (χ1n) is 13.4. The van der Waals surface area contributed by atoms with E-state index in [1.165, 1.54) is 29.7 Å². The molecule has 1 spiro atoms. The molecule has 4 atom stereocenters. The molecular weight excluding hydrogens is 482 g/mol. The van der Waals surface area contributed by atoms with Crippen LogP contribution in [0, 0.1) is 5.92 Å². The van der Waals surface area contributed by atoms with E-state index >= 15 is 0 Å². The van der Waals surface area contributed by atoms with Crippen LogP contribution in [-0.4, -0.2) is 50.4 Å². The van der Waals surface area contributed by atoms with Crippen LogP contribution < -0.4 is 16.6 Å². The van der Waals surface area contributed by atoms with Gasteiger partial charge in [-0.25, -0.2) is 9.69 Å². The fraction of sp³-hybridized carbons (Fsp3) is 0.414. The van der Waals surface area contributed by atoms with E-state index in [4.69, 9.17) is 4.74 Å². The Kier molecular flexibility index (Phi) is 5.43. The van der Waals surface area contributed by atoms with E-state index in [-0.39, 0.29) is 30.1 Å². The maximum absolute atomic E-state index is 13.7. The highest BCUT2D eigenvalue weighted by atomic mass is 16.6. The maximum Gasteiger partial charge on any atom is 0.332 e. The van der Waals surface area contributed by atoms with Crippen molar-refractivity contribution in [1.82, 2.24) is 24.7 Å². The molecular formula is C29H31N5O4. The second kappa shape index (κ2) is 8.76. The van der Waals surface area contributed by atoms with Crippen LogP contribution in [0.1, 0.15) is 42.9 Å². The van der Waals surface area contributed by atoms with Crippen molar-refractivity contribution in [3.05, 3.63) is 98.3 Å². The molecule has 196 valence electrons. The van der Waals surface area contributed by atoms with E-state index in [9.17, 15) is 14.4 Å². The molecule has 9 heteroatoms. The maximum atomic E-state index is 13.7. The van der Waals surface area contributed by atoms with Gasteiger partial charge in [0.1, 0.15) is 6.23 Å². The molecule has 38 heavy (non-hydrogen) atoms. The number of benzene rings is 2. The second-order valence-corrected chi connectivity index (χ2v) is 11.0. The molecule has 2 N–H and O–H groups in total. The van der Waals surface area contributed by atoms with Crippen LogP contribution in [0.25, 0.3) is 5.69 Å². The number of nitrogens with zero attached hydrogens (tertiary/aromatic N) is 3. The summed E-state index contributed by atoms with van der Waals surface area (Å²) in [7, 11) is 0. The smallest absolute Gasteiger partial charge is 0.332 e. The van der Waals surface area contributed by atoms with Crippen LogP contribution in [0.2, 0.25) is 0 Å². The lowest BCUT2D eigenvalue weighted by Crippen LogP contribution is -2.59. The van der Waals surface area contributed by atoms with Crippen molar-refractivity contribution in [2.75, 3.05) is 6.54 Å². The van der Waals surface area contributed by atoms with Crippen molar-refractivity contribution in [2.45, 2.75) is 63.3 Å². The third-order valence-corrected chi connectivity index (χ3v) is 8.75. The summed E-state index contributed by atoms with van der Waals surface area (Å²) in [6.07, 6.45) is 5.06. The Bertz CT molecular complexity index is 1510. The highest BCUT2D eigenvalue weighted by Crippen LogP contribution is 2.51. The first-order chi connectivity index (χ1) is 18.4. The van der Waals surface area contributed by atoms with Crippen LogP contribution in [0.15, 0.2) is 70.4 Å². The molecule has 8 rings (SSSR count). The first-order valence-corrected chi connectivity index (χ1v) is 13.4. The predicted octanol–water partition coefficient (Wildman–Crippen LogP) is 2.04. The number of aryl methyl sites for hydroxylation is 1. The van der Waals surface area contributed by atoms with E-state index < -0.39 is 11.2 Å². The standard InChI is InChI=1S/C29H31N5O4/c1-18(20-7-8-20)33(16-19-5-3-2-4-6-19)25(36)17-34-26-29(31-28(34)38-26)13-11-21-15-22(9-10-23(21)29)32-14-12-24(35)30-27(32)37/h2-6,9-10,12,14-15,18,20,26,28,31H,7-8,11,13,16-17H2,1H3,(H,30,35,37)/t18-,26?,28?,29?/m0/s1.